The van der Waals surface area contributed by atoms with Crippen LogP contribution in [0.2, 0.25) is 0 Å². The molecule has 2 aromatic carbocycles. The molecule has 0 saturated carbocycles. The van der Waals surface area contributed by atoms with Gasteiger partial charge < -0.3 is 25.7 Å². The fourth-order valence-corrected chi connectivity index (χ4v) is 3.68. The molecule has 31 heavy (non-hydrogen) atoms. The third kappa shape index (κ3) is 5.02. The third-order valence-corrected chi connectivity index (χ3v) is 5.37. The van der Waals surface area contributed by atoms with Crippen LogP contribution in [-0.4, -0.2) is 43.3 Å². The molecule has 0 amide bonds. The average Bonchev–Trinajstić information content (AvgIpc) is 3.36. The molecule has 7 nitrogen and oxygen atoms in total. The zero-order valence-corrected chi connectivity index (χ0v) is 16.8. The minimum Gasteiger partial charge on any atom is -0.454 e. The first-order valence-electron chi connectivity index (χ1n) is 10.0. The van der Waals surface area contributed by atoms with Crippen LogP contribution >= 0.6 is 0 Å². The van der Waals surface area contributed by atoms with Crippen molar-refractivity contribution < 1.29 is 23.8 Å². The number of ketones is 1. The van der Waals surface area contributed by atoms with Gasteiger partial charge in [-0.2, -0.15) is 0 Å². The highest BCUT2D eigenvalue weighted by atomic mass is 16.6. The predicted molar refractivity (Wildman–Crippen MR) is 118 cm³/mol. The maximum absolute atomic E-state index is 12.6. The first-order chi connectivity index (χ1) is 15.0. The molecule has 4 atom stereocenters. The molecule has 0 spiro atoms. The molecule has 0 aromatic heterocycles. The van der Waals surface area contributed by atoms with Crippen molar-refractivity contribution in [1.82, 2.24) is 0 Å². The van der Waals surface area contributed by atoms with Gasteiger partial charge in [-0.3, -0.25) is 4.79 Å². The fourth-order valence-electron chi connectivity index (χ4n) is 3.68. The highest BCUT2D eigenvalue weighted by molar-refractivity contribution is 5.96. The summed E-state index contributed by atoms with van der Waals surface area (Å²) in [5, 5.41) is 0. The van der Waals surface area contributed by atoms with Gasteiger partial charge in [0, 0.05) is 17.5 Å². The highest BCUT2D eigenvalue weighted by Gasteiger charge is 2.51. The monoisotopic (exact) mass is 420 g/mol. The molecule has 2 fully saturated rings. The van der Waals surface area contributed by atoms with Crippen molar-refractivity contribution in [3.63, 3.8) is 0 Å². The second-order valence-electron chi connectivity index (χ2n) is 7.58. The van der Waals surface area contributed by atoms with Gasteiger partial charge in [0.1, 0.15) is 6.10 Å². The van der Waals surface area contributed by atoms with Crippen LogP contribution in [0.3, 0.4) is 0 Å². The Bertz CT molecular complexity index is 998. The number of nitrogens with two attached hydrogens (primary N) is 2. The number of nitrogen functional groups attached to an aromatic ring is 2. The van der Waals surface area contributed by atoms with E-state index in [0.717, 1.165) is 11.1 Å². The lowest BCUT2D eigenvalue weighted by Gasteiger charge is -2.15. The number of rotatable bonds is 6. The summed E-state index contributed by atoms with van der Waals surface area (Å²) in [6.07, 6.45) is 4.84. The van der Waals surface area contributed by atoms with Gasteiger partial charge in [-0.1, -0.05) is 30.3 Å². The van der Waals surface area contributed by atoms with Gasteiger partial charge in [0.25, 0.3) is 0 Å². The van der Waals surface area contributed by atoms with E-state index in [2.05, 4.69) is 0 Å². The van der Waals surface area contributed by atoms with Gasteiger partial charge >= 0.3 is 5.97 Å². The minimum absolute atomic E-state index is 0.0838. The summed E-state index contributed by atoms with van der Waals surface area (Å²) in [6, 6.07) is 14.4. The van der Waals surface area contributed by atoms with Crippen molar-refractivity contribution in [3.8, 4) is 0 Å². The molecule has 2 aromatic rings. The standard InChI is InChI=1S/C24H24N2O5/c25-17-7-1-15(2-8-17)5-11-20(27)19-13-29-24-21(14-30-23(19)24)31-22(28)12-6-16-3-9-18(26)10-4-16/h1-12,19,21,23-24H,13-14,25-26H2/b11-5+,12-6+. The molecule has 0 bridgehead atoms. The largest absolute Gasteiger partial charge is 0.454 e. The number of allylic oxidation sites excluding steroid dienone is 1. The van der Waals surface area contributed by atoms with Crippen molar-refractivity contribution in [3.05, 3.63) is 71.8 Å². The predicted octanol–water partition coefficient (Wildman–Crippen LogP) is 2.47. The van der Waals surface area contributed by atoms with Crippen LogP contribution in [0.4, 0.5) is 11.4 Å². The molecular weight excluding hydrogens is 396 g/mol. The minimum atomic E-state index is -0.549. The van der Waals surface area contributed by atoms with Crippen LogP contribution in [0.25, 0.3) is 12.2 Å². The van der Waals surface area contributed by atoms with Crippen LogP contribution < -0.4 is 11.5 Å². The average molecular weight is 420 g/mol. The van der Waals surface area contributed by atoms with Crippen LogP contribution in [-0.2, 0) is 23.8 Å². The van der Waals surface area contributed by atoms with E-state index in [1.807, 2.05) is 24.3 Å². The molecule has 4 unspecified atom stereocenters. The van der Waals surface area contributed by atoms with E-state index in [0.29, 0.717) is 11.4 Å². The van der Waals surface area contributed by atoms with Crippen LogP contribution in [0.5, 0.6) is 0 Å². The van der Waals surface area contributed by atoms with Gasteiger partial charge in [0.05, 0.1) is 25.2 Å². The number of hydrogen-bond donors (Lipinski definition) is 2. The number of fused-ring (bicyclic) bond motifs is 1. The van der Waals surface area contributed by atoms with E-state index in [1.54, 1.807) is 36.4 Å². The molecule has 2 heterocycles. The molecule has 2 aliphatic heterocycles. The van der Waals surface area contributed by atoms with Gasteiger partial charge in [-0.25, -0.2) is 4.79 Å². The topological polar surface area (TPSA) is 114 Å². The summed E-state index contributed by atoms with van der Waals surface area (Å²) in [4.78, 5) is 24.8. The number of anilines is 2. The molecule has 0 radical (unpaired) electrons. The number of benzene rings is 2. The van der Waals surface area contributed by atoms with Crippen LogP contribution in [0, 0.1) is 5.92 Å². The van der Waals surface area contributed by atoms with E-state index in [9.17, 15) is 9.59 Å². The Morgan fingerprint density at radius 3 is 1.97 bits per heavy atom. The van der Waals surface area contributed by atoms with Gasteiger partial charge in [0.15, 0.2) is 11.9 Å². The van der Waals surface area contributed by atoms with E-state index in [1.165, 1.54) is 12.2 Å². The van der Waals surface area contributed by atoms with Crippen molar-refractivity contribution in [2.45, 2.75) is 18.3 Å². The maximum atomic E-state index is 12.6. The smallest absolute Gasteiger partial charge is 0.331 e. The normalized spacial score (nSPS) is 25.2. The molecule has 160 valence electrons. The summed E-state index contributed by atoms with van der Waals surface area (Å²) in [7, 11) is 0. The van der Waals surface area contributed by atoms with Crippen molar-refractivity contribution in [2.24, 2.45) is 5.92 Å². The van der Waals surface area contributed by atoms with Crippen molar-refractivity contribution in [2.75, 3.05) is 24.7 Å². The number of esters is 1. The van der Waals surface area contributed by atoms with Crippen molar-refractivity contribution in [1.29, 1.82) is 0 Å². The SMILES string of the molecule is Nc1ccc(/C=C/C(=O)OC2COC3C(C(=O)/C=C/c4ccc(N)cc4)COC23)cc1. The number of ether oxygens (including phenoxy) is 3. The zero-order chi connectivity index (χ0) is 21.8. The first kappa shape index (κ1) is 20.8. The Morgan fingerprint density at radius 2 is 1.35 bits per heavy atom. The van der Waals surface area contributed by atoms with Crippen molar-refractivity contribution >= 4 is 35.3 Å². The Hall–Kier alpha value is -3.42. The Balaban J connectivity index is 1.32. The van der Waals surface area contributed by atoms with E-state index >= 15 is 0 Å². The summed E-state index contributed by atoms with van der Waals surface area (Å²) in [6.45, 7) is 0.428. The number of carbonyl (C=O) groups excluding carboxylic acids is 2. The Kier molecular flexibility index (Phi) is 6.16. The lowest BCUT2D eigenvalue weighted by atomic mass is 9.96. The van der Waals surface area contributed by atoms with E-state index in [4.69, 9.17) is 25.7 Å². The molecule has 4 N–H and O–H groups in total. The van der Waals surface area contributed by atoms with E-state index < -0.39 is 30.2 Å². The molecular formula is C24H24N2O5. The Morgan fingerprint density at radius 1 is 0.806 bits per heavy atom. The summed E-state index contributed by atoms with van der Waals surface area (Å²) in [5.41, 5.74) is 14.4. The van der Waals surface area contributed by atoms with Gasteiger partial charge in [-0.15, -0.1) is 0 Å². The Labute approximate surface area is 180 Å². The quantitative estimate of drug-likeness (QED) is 0.419. The lowest BCUT2D eigenvalue weighted by Crippen LogP contribution is -2.34. The number of hydrogen-bond acceptors (Lipinski definition) is 7. The first-order valence-corrected chi connectivity index (χ1v) is 10.0. The molecule has 0 aliphatic carbocycles. The van der Waals surface area contributed by atoms with Gasteiger partial charge in [-0.05, 0) is 47.5 Å². The van der Waals surface area contributed by atoms with Crippen LogP contribution in [0.15, 0.2) is 60.7 Å². The lowest BCUT2D eigenvalue weighted by molar-refractivity contribution is -0.147. The summed E-state index contributed by atoms with van der Waals surface area (Å²) >= 11 is 0. The van der Waals surface area contributed by atoms with Crippen LogP contribution in [0.1, 0.15) is 11.1 Å². The van der Waals surface area contributed by atoms with E-state index in [-0.39, 0.29) is 19.0 Å². The maximum Gasteiger partial charge on any atom is 0.331 e. The molecule has 7 heteroatoms. The second kappa shape index (κ2) is 9.16. The highest BCUT2D eigenvalue weighted by Crippen LogP contribution is 2.33. The summed E-state index contributed by atoms with van der Waals surface area (Å²) in [5.74, 6) is -1.00. The molecule has 2 aliphatic rings. The third-order valence-electron chi connectivity index (χ3n) is 5.37. The summed E-state index contributed by atoms with van der Waals surface area (Å²) < 4.78 is 17.0. The fraction of sp³-hybridized carbons (Fsp3) is 0.250. The van der Waals surface area contributed by atoms with Gasteiger partial charge in [0.2, 0.25) is 0 Å². The molecule has 4 rings (SSSR count). The number of carbonyl (C=O) groups is 2. The zero-order valence-electron chi connectivity index (χ0n) is 16.8. The molecule has 2 saturated heterocycles. The second-order valence-corrected chi connectivity index (χ2v) is 7.58.